The zero-order valence-corrected chi connectivity index (χ0v) is 13.1. The first-order valence-corrected chi connectivity index (χ1v) is 6.83. The lowest BCUT2D eigenvalue weighted by Gasteiger charge is -2.19. The Morgan fingerprint density at radius 3 is 2.32 bits per heavy atom. The number of hydrogen-bond donors (Lipinski definition) is 1. The molecule has 2 aromatic rings. The molecular weight excluding hydrogens is 306 g/mol. The molecule has 1 N–H and O–H groups in total. The van der Waals surface area contributed by atoms with Gasteiger partial charge in [0.2, 0.25) is 0 Å². The van der Waals surface area contributed by atoms with E-state index in [9.17, 15) is 0 Å². The summed E-state index contributed by atoms with van der Waals surface area (Å²) in [6.07, 6.45) is 0. The first kappa shape index (κ1) is 14.0. The number of aromatic nitrogens is 3. The number of aryl methyl sites for hydroxylation is 1. The third kappa shape index (κ3) is 2.79. The van der Waals surface area contributed by atoms with Gasteiger partial charge in [0.05, 0.1) is 11.7 Å². The summed E-state index contributed by atoms with van der Waals surface area (Å²) in [5, 5.41) is 11.4. The predicted octanol–water partition coefficient (Wildman–Crippen LogP) is 1.95. The predicted molar refractivity (Wildman–Crippen MR) is 80.4 cm³/mol. The van der Waals surface area contributed by atoms with Crippen LogP contribution in [-0.2, 0) is 7.05 Å². The Balaban J connectivity index is 2.37. The Morgan fingerprint density at radius 2 is 1.89 bits per heavy atom. The highest BCUT2D eigenvalue weighted by atomic mass is 79.9. The minimum absolute atomic E-state index is 0.0607. The smallest absolute Gasteiger partial charge is 0.153 e. The second kappa shape index (κ2) is 5.71. The molecule has 0 bridgehead atoms. The van der Waals surface area contributed by atoms with Crippen molar-refractivity contribution < 1.29 is 0 Å². The van der Waals surface area contributed by atoms with Crippen LogP contribution >= 0.6 is 15.9 Å². The van der Waals surface area contributed by atoms with Crippen LogP contribution in [0, 0.1) is 0 Å². The fraction of sp³-hybridized carbons (Fsp3) is 0.385. The largest absolute Gasteiger partial charge is 0.378 e. The van der Waals surface area contributed by atoms with E-state index in [0.29, 0.717) is 0 Å². The van der Waals surface area contributed by atoms with E-state index < -0.39 is 0 Å². The van der Waals surface area contributed by atoms with E-state index in [2.05, 4.69) is 60.7 Å². The van der Waals surface area contributed by atoms with E-state index in [1.807, 2.05) is 28.2 Å². The second-order valence-corrected chi connectivity index (χ2v) is 5.35. The topological polar surface area (TPSA) is 46.0 Å². The van der Waals surface area contributed by atoms with Crippen molar-refractivity contribution in [3.63, 3.8) is 0 Å². The van der Waals surface area contributed by atoms with Gasteiger partial charge in [-0.05, 0) is 40.7 Å². The second-order valence-electron chi connectivity index (χ2n) is 4.60. The molecule has 1 unspecified atom stereocenters. The summed E-state index contributed by atoms with van der Waals surface area (Å²) in [6.45, 7) is 0. The molecule has 1 atom stereocenters. The number of rotatable bonds is 4. The van der Waals surface area contributed by atoms with Crippen LogP contribution in [-0.4, -0.2) is 36.1 Å². The van der Waals surface area contributed by atoms with Crippen LogP contribution in [0.1, 0.15) is 17.3 Å². The van der Waals surface area contributed by atoms with Gasteiger partial charge < -0.3 is 10.2 Å². The molecule has 0 aliphatic heterocycles. The highest BCUT2D eigenvalue weighted by Crippen LogP contribution is 2.27. The third-order valence-corrected chi connectivity index (χ3v) is 3.70. The molecule has 0 saturated carbocycles. The molecule has 1 heterocycles. The van der Waals surface area contributed by atoms with E-state index >= 15 is 0 Å². The van der Waals surface area contributed by atoms with Crippen molar-refractivity contribution in [1.29, 1.82) is 0 Å². The first-order valence-electron chi connectivity index (χ1n) is 6.04. The molecule has 0 aliphatic rings. The minimum Gasteiger partial charge on any atom is -0.378 e. The molecule has 5 nitrogen and oxygen atoms in total. The van der Waals surface area contributed by atoms with Crippen molar-refractivity contribution in [1.82, 2.24) is 20.3 Å². The van der Waals surface area contributed by atoms with Gasteiger partial charge in [0, 0.05) is 26.8 Å². The average molecular weight is 324 g/mol. The summed E-state index contributed by atoms with van der Waals surface area (Å²) in [4.78, 5) is 2.08. The summed E-state index contributed by atoms with van der Waals surface area (Å²) in [5.74, 6) is 0. The van der Waals surface area contributed by atoms with Gasteiger partial charge in [-0.2, -0.15) is 0 Å². The maximum absolute atomic E-state index is 4.04. The van der Waals surface area contributed by atoms with Crippen LogP contribution in [0.3, 0.4) is 0 Å². The van der Waals surface area contributed by atoms with Crippen LogP contribution in [0.25, 0.3) is 0 Å². The van der Waals surface area contributed by atoms with Crippen molar-refractivity contribution in [2.24, 2.45) is 7.05 Å². The molecule has 0 fully saturated rings. The van der Waals surface area contributed by atoms with E-state index in [4.69, 9.17) is 0 Å². The van der Waals surface area contributed by atoms with Crippen molar-refractivity contribution in [3.05, 3.63) is 40.1 Å². The van der Waals surface area contributed by atoms with Gasteiger partial charge in [0.1, 0.15) is 0 Å². The van der Waals surface area contributed by atoms with Crippen molar-refractivity contribution in [2.75, 3.05) is 26.0 Å². The summed E-state index contributed by atoms with van der Waals surface area (Å²) in [5.41, 5.74) is 3.38. The highest BCUT2D eigenvalue weighted by Gasteiger charge is 2.20. The average Bonchev–Trinajstić information content (AvgIpc) is 2.72. The molecule has 1 aromatic carbocycles. The fourth-order valence-electron chi connectivity index (χ4n) is 2.07. The number of hydrogen-bond acceptors (Lipinski definition) is 4. The van der Waals surface area contributed by atoms with Crippen LogP contribution in [0.4, 0.5) is 5.69 Å². The number of halogens is 1. The molecule has 1 aromatic heterocycles. The molecule has 6 heteroatoms. The molecule has 102 valence electrons. The maximum atomic E-state index is 4.04. The number of nitrogens with zero attached hydrogens (tertiary/aromatic N) is 4. The van der Waals surface area contributed by atoms with Gasteiger partial charge in [0.25, 0.3) is 0 Å². The number of nitrogens with one attached hydrogen (secondary N) is 1. The molecular formula is C13H18BrN5. The zero-order valence-electron chi connectivity index (χ0n) is 11.6. The van der Waals surface area contributed by atoms with Gasteiger partial charge in [-0.3, -0.25) is 0 Å². The molecule has 0 amide bonds. The molecule has 0 saturated heterocycles. The highest BCUT2D eigenvalue weighted by molar-refractivity contribution is 9.10. The Labute approximate surface area is 121 Å². The molecule has 2 rings (SSSR count). The quantitative estimate of drug-likeness (QED) is 0.934. The van der Waals surface area contributed by atoms with E-state index in [-0.39, 0.29) is 6.04 Å². The SMILES string of the molecule is CNC(c1ccc(N(C)C)cc1)c1c(Br)nnn1C. The third-order valence-electron chi connectivity index (χ3n) is 3.13. The van der Waals surface area contributed by atoms with E-state index in [0.717, 1.165) is 10.3 Å². The summed E-state index contributed by atoms with van der Waals surface area (Å²) in [7, 11) is 7.90. The summed E-state index contributed by atoms with van der Waals surface area (Å²) >= 11 is 3.45. The molecule has 0 spiro atoms. The van der Waals surface area contributed by atoms with Gasteiger partial charge >= 0.3 is 0 Å². The van der Waals surface area contributed by atoms with Gasteiger partial charge in [0.15, 0.2) is 4.60 Å². The fourth-order valence-corrected chi connectivity index (χ4v) is 2.63. The Bertz CT molecular complexity index is 527. The minimum atomic E-state index is 0.0607. The van der Waals surface area contributed by atoms with E-state index in [1.165, 1.54) is 11.3 Å². The van der Waals surface area contributed by atoms with Crippen molar-refractivity contribution >= 4 is 21.6 Å². The van der Waals surface area contributed by atoms with E-state index in [1.54, 1.807) is 4.68 Å². The lowest BCUT2D eigenvalue weighted by atomic mass is 10.0. The van der Waals surface area contributed by atoms with Crippen molar-refractivity contribution in [2.45, 2.75) is 6.04 Å². The van der Waals surface area contributed by atoms with Crippen LogP contribution < -0.4 is 10.2 Å². The van der Waals surface area contributed by atoms with Gasteiger partial charge in [-0.25, -0.2) is 4.68 Å². The number of anilines is 1. The van der Waals surface area contributed by atoms with Crippen LogP contribution in [0.5, 0.6) is 0 Å². The van der Waals surface area contributed by atoms with Gasteiger partial charge in [-0.15, -0.1) is 5.10 Å². The summed E-state index contributed by atoms with van der Waals surface area (Å²) in [6, 6.07) is 8.52. The van der Waals surface area contributed by atoms with Crippen LogP contribution in [0.2, 0.25) is 0 Å². The van der Waals surface area contributed by atoms with Crippen LogP contribution in [0.15, 0.2) is 28.9 Å². The Morgan fingerprint density at radius 1 is 1.26 bits per heavy atom. The standard InChI is InChI=1S/C13H18BrN5/c1-15-11(12-13(14)16-17-19(12)4)9-5-7-10(8-6-9)18(2)3/h5-8,11,15H,1-4H3. The lowest BCUT2D eigenvalue weighted by Crippen LogP contribution is -2.21. The van der Waals surface area contributed by atoms with Gasteiger partial charge in [-0.1, -0.05) is 17.3 Å². The normalized spacial score (nSPS) is 12.5. The zero-order chi connectivity index (χ0) is 14.0. The molecule has 0 aliphatic carbocycles. The first-order chi connectivity index (χ1) is 9.04. The molecule has 0 radical (unpaired) electrons. The molecule has 19 heavy (non-hydrogen) atoms. The Kier molecular flexibility index (Phi) is 4.21. The maximum Gasteiger partial charge on any atom is 0.153 e. The van der Waals surface area contributed by atoms with Crippen molar-refractivity contribution in [3.8, 4) is 0 Å². The lowest BCUT2D eigenvalue weighted by molar-refractivity contribution is 0.597. The number of benzene rings is 1. The monoisotopic (exact) mass is 323 g/mol. The summed E-state index contributed by atoms with van der Waals surface area (Å²) < 4.78 is 2.55. The Hall–Kier alpha value is -1.40.